The number of benzene rings is 2. The number of fused-ring (bicyclic) bond motifs is 1. The molecule has 0 unspecified atom stereocenters. The van der Waals surface area contributed by atoms with Gasteiger partial charge in [-0.05, 0) is 36.4 Å². The summed E-state index contributed by atoms with van der Waals surface area (Å²) in [6.45, 7) is 5.56. The van der Waals surface area contributed by atoms with Crippen molar-refractivity contribution >= 4 is 41.6 Å². The van der Waals surface area contributed by atoms with E-state index in [4.69, 9.17) is 9.72 Å². The van der Waals surface area contributed by atoms with Crippen LogP contribution >= 0.6 is 24.8 Å². The summed E-state index contributed by atoms with van der Waals surface area (Å²) < 4.78 is 5.24. The van der Waals surface area contributed by atoms with Gasteiger partial charge in [0.05, 0.1) is 23.9 Å². The molecule has 1 aromatic heterocycles. The number of halogens is 2. The molecule has 6 nitrogen and oxygen atoms in total. The monoisotopic (exact) mass is 462 g/mol. The van der Waals surface area contributed by atoms with E-state index in [-0.39, 0.29) is 30.7 Å². The summed E-state index contributed by atoms with van der Waals surface area (Å²) in [7, 11) is 1.64. The first-order valence-corrected chi connectivity index (χ1v) is 10.00. The average Bonchev–Trinajstić information content (AvgIpc) is 2.79. The van der Waals surface area contributed by atoms with Gasteiger partial charge in [0.25, 0.3) is 5.91 Å². The molecule has 31 heavy (non-hydrogen) atoms. The van der Waals surface area contributed by atoms with Crippen LogP contribution in [0, 0.1) is 0 Å². The van der Waals surface area contributed by atoms with Gasteiger partial charge >= 0.3 is 0 Å². The summed E-state index contributed by atoms with van der Waals surface area (Å²) in [4.78, 5) is 20.1. The van der Waals surface area contributed by atoms with Crippen molar-refractivity contribution < 1.29 is 9.53 Å². The van der Waals surface area contributed by atoms with Gasteiger partial charge in [-0.2, -0.15) is 0 Å². The molecule has 0 aliphatic carbocycles. The van der Waals surface area contributed by atoms with Crippen molar-refractivity contribution in [3.63, 3.8) is 0 Å². The van der Waals surface area contributed by atoms with Gasteiger partial charge in [0.1, 0.15) is 5.75 Å². The van der Waals surface area contributed by atoms with E-state index in [0.717, 1.165) is 60.6 Å². The molecule has 1 fully saturated rings. The van der Waals surface area contributed by atoms with Crippen LogP contribution in [0.4, 0.5) is 0 Å². The number of hydrogen-bond donors (Lipinski definition) is 2. The highest BCUT2D eigenvalue weighted by Gasteiger charge is 2.15. The number of carbonyl (C=O) groups excluding carboxylic acids is 1. The van der Waals surface area contributed by atoms with Crippen molar-refractivity contribution in [3.8, 4) is 17.0 Å². The number of methoxy groups -OCH3 is 1. The van der Waals surface area contributed by atoms with Gasteiger partial charge in [0, 0.05) is 50.2 Å². The molecule has 2 heterocycles. The molecule has 166 valence electrons. The quantitative estimate of drug-likeness (QED) is 0.587. The summed E-state index contributed by atoms with van der Waals surface area (Å²) in [5.41, 5.74) is 3.19. The van der Waals surface area contributed by atoms with Gasteiger partial charge in [-0.3, -0.25) is 9.69 Å². The first kappa shape index (κ1) is 24.9. The normalized spacial score (nSPS) is 13.7. The van der Waals surface area contributed by atoms with Crippen LogP contribution in [0.25, 0.3) is 22.2 Å². The summed E-state index contributed by atoms with van der Waals surface area (Å²) >= 11 is 0. The zero-order chi connectivity index (χ0) is 20.1. The lowest BCUT2D eigenvalue weighted by Crippen LogP contribution is -2.46. The fraction of sp³-hybridized carbons (Fsp3) is 0.304. The minimum Gasteiger partial charge on any atom is -0.497 e. The molecule has 0 atom stereocenters. The molecule has 8 heteroatoms. The molecular weight excluding hydrogens is 435 g/mol. The number of ether oxygens (including phenoxy) is 1. The Labute approximate surface area is 195 Å². The third kappa shape index (κ3) is 6.08. The SMILES string of the molecule is COc1ccc(-c2cc(C(=O)NCCN3CCNCC3)c3ccccc3n2)cc1.Cl.Cl. The summed E-state index contributed by atoms with van der Waals surface area (Å²) in [6, 6.07) is 17.4. The minimum atomic E-state index is -0.0616. The van der Waals surface area contributed by atoms with E-state index in [2.05, 4.69) is 15.5 Å². The molecule has 2 aromatic carbocycles. The van der Waals surface area contributed by atoms with E-state index in [1.54, 1.807) is 7.11 Å². The largest absolute Gasteiger partial charge is 0.497 e. The average molecular weight is 463 g/mol. The van der Waals surface area contributed by atoms with Crippen molar-refractivity contribution in [2.45, 2.75) is 0 Å². The van der Waals surface area contributed by atoms with Gasteiger partial charge in [-0.1, -0.05) is 18.2 Å². The Bertz CT molecular complexity index is 993. The fourth-order valence-electron chi connectivity index (χ4n) is 3.63. The number of piperazine rings is 1. The van der Waals surface area contributed by atoms with E-state index in [9.17, 15) is 4.79 Å². The standard InChI is InChI=1S/C23H26N4O2.2ClH/c1-29-18-8-6-17(7-9-18)22-16-20(19-4-2-3-5-21(19)26-22)23(28)25-12-15-27-13-10-24-11-14-27;;/h2-9,16,24H,10-15H2,1H3,(H,25,28);2*1H. The van der Waals surface area contributed by atoms with E-state index in [0.29, 0.717) is 12.1 Å². The number of para-hydroxylation sites is 1. The van der Waals surface area contributed by atoms with E-state index >= 15 is 0 Å². The molecular formula is C23H28Cl2N4O2. The predicted octanol–water partition coefficient (Wildman–Crippen LogP) is 3.39. The Balaban J connectivity index is 0.00000171. The molecule has 0 spiro atoms. The first-order valence-electron chi connectivity index (χ1n) is 10.00. The van der Waals surface area contributed by atoms with E-state index < -0.39 is 0 Å². The summed E-state index contributed by atoms with van der Waals surface area (Å²) in [5, 5.41) is 7.30. The Morgan fingerprint density at radius 1 is 1.10 bits per heavy atom. The molecule has 1 aliphatic heterocycles. The lowest BCUT2D eigenvalue weighted by molar-refractivity contribution is 0.0949. The minimum absolute atomic E-state index is 0. The smallest absolute Gasteiger partial charge is 0.252 e. The number of hydrogen-bond acceptors (Lipinski definition) is 5. The highest BCUT2D eigenvalue weighted by Crippen LogP contribution is 2.26. The molecule has 1 amide bonds. The Morgan fingerprint density at radius 3 is 2.52 bits per heavy atom. The van der Waals surface area contributed by atoms with Crippen LogP contribution in [0.1, 0.15) is 10.4 Å². The molecule has 3 aromatic rings. The molecule has 4 rings (SSSR count). The van der Waals surface area contributed by atoms with Gasteiger partial charge < -0.3 is 15.4 Å². The van der Waals surface area contributed by atoms with Crippen molar-refractivity contribution in [2.75, 3.05) is 46.4 Å². The van der Waals surface area contributed by atoms with Crippen LogP contribution in [0.15, 0.2) is 54.6 Å². The van der Waals surface area contributed by atoms with Crippen molar-refractivity contribution in [1.82, 2.24) is 20.5 Å². The number of pyridine rings is 1. The third-order valence-electron chi connectivity index (χ3n) is 5.27. The predicted molar refractivity (Wildman–Crippen MR) is 130 cm³/mol. The number of nitrogens with one attached hydrogen (secondary N) is 2. The number of aromatic nitrogens is 1. The molecule has 0 bridgehead atoms. The molecule has 1 saturated heterocycles. The second-order valence-electron chi connectivity index (χ2n) is 7.15. The second-order valence-corrected chi connectivity index (χ2v) is 7.15. The highest BCUT2D eigenvalue weighted by molar-refractivity contribution is 6.07. The van der Waals surface area contributed by atoms with Crippen LogP contribution in [0.2, 0.25) is 0 Å². The Morgan fingerprint density at radius 2 is 1.81 bits per heavy atom. The number of amides is 1. The van der Waals surface area contributed by atoms with Crippen molar-refractivity contribution in [1.29, 1.82) is 0 Å². The van der Waals surface area contributed by atoms with Gasteiger partial charge in [-0.25, -0.2) is 4.98 Å². The number of rotatable bonds is 6. The lowest BCUT2D eigenvalue weighted by atomic mass is 10.0. The number of carbonyl (C=O) groups is 1. The van der Waals surface area contributed by atoms with Crippen LogP contribution < -0.4 is 15.4 Å². The van der Waals surface area contributed by atoms with Gasteiger partial charge in [0.2, 0.25) is 0 Å². The zero-order valence-electron chi connectivity index (χ0n) is 17.5. The topological polar surface area (TPSA) is 66.5 Å². The first-order chi connectivity index (χ1) is 14.2. The van der Waals surface area contributed by atoms with Crippen molar-refractivity contribution in [3.05, 3.63) is 60.2 Å². The second kappa shape index (κ2) is 11.9. The van der Waals surface area contributed by atoms with Crippen LogP contribution in [0.5, 0.6) is 5.75 Å². The maximum Gasteiger partial charge on any atom is 0.252 e. The van der Waals surface area contributed by atoms with E-state index in [1.165, 1.54) is 0 Å². The highest BCUT2D eigenvalue weighted by atomic mass is 35.5. The van der Waals surface area contributed by atoms with Crippen LogP contribution in [-0.2, 0) is 0 Å². The Kier molecular flexibility index (Phi) is 9.52. The molecule has 1 aliphatic rings. The summed E-state index contributed by atoms with van der Waals surface area (Å²) in [6.07, 6.45) is 0. The molecule has 0 radical (unpaired) electrons. The van der Waals surface area contributed by atoms with Gasteiger partial charge in [0.15, 0.2) is 0 Å². The van der Waals surface area contributed by atoms with E-state index in [1.807, 2.05) is 54.6 Å². The maximum atomic E-state index is 13.0. The molecule has 2 N–H and O–H groups in total. The van der Waals surface area contributed by atoms with Crippen molar-refractivity contribution in [2.24, 2.45) is 0 Å². The van der Waals surface area contributed by atoms with Gasteiger partial charge in [-0.15, -0.1) is 24.8 Å². The lowest BCUT2D eigenvalue weighted by Gasteiger charge is -2.27. The third-order valence-corrected chi connectivity index (χ3v) is 5.27. The molecule has 0 saturated carbocycles. The number of nitrogens with zero attached hydrogens (tertiary/aromatic N) is 2. The van der Waals surface area contributed by atoms with Crippen LogP contribution in [-0.4, -0.2) is 62.2 Å². The Hall–Kier alpha value is -2.38. The fourth-order valence-corrected chi connectivity index (χ4v) is 3.63. The zero-order valence-corrected chi connectivity index (χ0v) is 19.1. The summed E-state index contributed by atoms with van der Waals surface area (Å²) in [5.74, 6) is 0.730. The maximum absolute atomic E-state index is 13.0. The van der Waals surface area contributed by atoms with Crippen LogP contribution in [0.3, 0.4) is 0 Å².